The number of nitrogens with zero attached hydrogens (tertiary/aromatic N) is 1. The second-order valence-corrected chi connectivity index (χ2v) is 9.89. The second kappa shape index (κ2) is 18.8. The molecule has 180 valence electrons. The number of hydrogen-bond donors (Lipinski definition) is 0. The van der Waals surface area contributed by atoms with E-state index in [0.29, 0.717) is 11.1 Å². The van der Waals surface area contributed by atoms with Crippen LogP contribution in [0.15, 0.2) is 9.17 Å². The van der Waals surface area contributed by atoms with Crippen molar-refractivity contribution in [1.29, 1.82) is 0 Å². The molecule has 3 nitrogen and oxygen atoms in total. The lowest BCUT2D eigenvalue weighted by molar-refractivity contribution is 0.0562. The number of hydrogen-bond acceptors (Lipinski definition) is 3. The molecule has 0 bridgehead atoms. The van der Waals surface area contributed by atoms with Gasteiger partial charge in [-0.2, -0.15) is 0 Å². The van der Waals surface area contributed by atoms with E-state index >= 15 is 0 Å². The lowest BCUT2D eigenvalue weighted by Crippen LogP contribution is -2.40. The van der Waals surface area contributed by atoms with Crippen molar-refractivity contribution in [2.24, 2.45) is 0 Å². The molecule has 0 fully saturated rings. The van der Waals surface area contributed by atoms with Gasteiger partial charge in [0.15, 0.2) is 0 Å². The van der Waals surface area contributed by atoms with Crippen molar-refractivity contribution < 1.29 is 9.59 Å². The number of carbonyl (C=O) groups excluding carboxylic acids is 2. The molecule has 2 heterocycles. The van der Waals surface area contributed by atoms with Gasteiger partial charge in [-0.3, -0.25) is 14.5 Å². The minimum absolute atomic E-state index is 0.0575. The van der Waals surface area contributed by atoms with Crippen LogP contribution in [0, 0.1) is 0 Å². The first-order valence-electron chi connectivity index (χ1n) is 12.8. The minimum Gasteiger partial charge on any atom is -0.271 e. The van der Waals surface area contributed by atoms with Crippen LogP contribution in [0.1, 0.15) is 146 Å². The highest BCUT2D eigenvalue weighted by Crippen LogP contribution is 2.37. The van der Waals surface area contributed by atoms with Crippen LogP contribution in [0.3, 0.4) is 0 Å². The Morgan fingerprint density at radius 2 is 1.23 bits per heavy atom. The van der Waals surface area contributed by atoms with E-state index < -0.39 is 0 Å². The van der Waals surface area contributed by atoms with Gasteiger partial charge in [0.25, 0.3) is 11.8 Å². The standard InChI is InChI=1S/C22H34BrNO2S.2C2H6/c1-3-5-7-9-11-13-15-17(14-12-10-8-6-4-2)24-21(25)18-16-27-20(23)19(18)22(24)26;2*1-2/h16-17H,3-15H2,1-2H3;2*1-2H3. The monoisotopic (exact) mass is 515 g/mol. The predicted molar refractivity (Wildman–Crippen MR) is 140 cm³/mol. The van der Waals surface area contributed by atoms with Crippen molar-refractivity contribution >= 4 is 39.1 Å². The van der Waals surface area contributed by atoms with Gasteiger partial charge in [0.2, 0.25) is 0 Å². The van der Waals surface area contributed by atoms with Gasteiger partial charge in [-0.1, -0.05) is 112 Å². The molecule has 0 aliphatic carbocycles. The third-order valence-corrected chi connectivity index (χ3v) is 7.25. The third kappa shape index (κ3) is 9.77. The van der Waals surface area contributed by atoms with E-state index in [2.05, 4.69) is 29.8 Å². The van der Waals surface area contributed by atoms with Crippen LogP contribution in [0.4, 0.5) is 0 Å². The SMILES string of the molecule is CC.CC.CCCCCCCCC(CCCCCCC)N1C(=O)c2csc(Br)c2C1=O. The van der Waals surface area contributed by atoms with Crippen LogP contribution in [0.2, 0.25) is 0 Å². The quantitative estimate of drug-likeness (QED) is 0.182. The van der Waals surface area contributed by atoms with E-state index in [9.17, 15) is 9.59 Å². The van der Waals surface area contributed by atoms with Gasteiger partial charge in [-0.15, -0.1) is 11.3 Å². The normalized spacial score (nSPS) is 13.3. The fourth-order valence-corrected chi connectivity index (χ4v) is 5.33. The third-order valence-electron chi connectivity index (χ3n) is 5.52. The number of halogens is 1. The van der Waals surface area contributed by atoms with Crippen LogP contribution >= 0.6 is 27.3 Å². The molecule has 0 saturated heterocycles. The number of carbonyl (C=O) groups is 2. The van der Waals surface area contributed by atoms with Gasteiger partial charge in [0, 0.05) is 11.4 Å². The summed E-state index contributed by atoms with van der Waals surface area (Å²) in [5.74, 6) is -0.172. The van der Waals surface area contributed by atoms with Crippen molar-refractivity contribution in [3.05, 3.63) is 20.3 Å². The molecule has 1 aromatic rings. The fourth-order valence-electron chi connectivity index (χ4n) is 3.91. The number of rotatable bonds is 14. The molecule has 0 aromatic carbocycles. The summed E-state index contributed by atoms with van der Waals surface area (Å²) in [6, 6.07) is 0.0575. The summed E-state index contributed by atoms with van der Waals surface area (Å²) in [6.45, 7) is 12.5. The van der Waals surface area contributed by atoms with Gasteiger partial charge in [-0.25, -0.2) is 0 Å². The molecule has 2 rings (SSSR count). The van der Waals surface area contributed by atoms with E-state index in [4.69, 9.17) is 0 Å². The Hall–Kier alpha value is -0.680. The summed E-state index contributed by atoms with van der Waals surface area (Å²) >= 11 is 4.88. The van der Waals surface area contributed by atoms with Gasteiger partial charge < -0.3 is 0 Å². The first kappa shape index (κ1) is 30.3. The molecule has 1 aliphatic rings. The molecule has 0 spiro atoms. The lowest BCUT2D eigenvalue weighted by Gasteiger charge is -2.26. The van der Waals surface area contributed by atoms with Gasteiger partial charge in [-0.05, 0) is 28.8 Å². The van der Waals surface area contributed by atoms with Crippen LogP contribution in [-0.2, 0) is 0 Å². The van der Waals surface area contributed by atoms with E-state index in [0.717, 1.165) is 29.5 Å². The molecule has 0 radical (unpaired) electrons. The zero-order valence-electron chi connectivity index (χ0n) is 20.9. The van der Waals surface area contributed by atoms with Gasteiger partial charge >= 0.3 is 0 Å². The molecular weight excluding hydrogens is 470 g/mol. The maximum Gasteiger partial charge on any atom is 0.263 e. The summed E-state index contributed by atoms with van der Waals surface area (Å²) in [6.07, 6.45) is 15.4. The first-order chi connectivity index (χ1) is 15.1. The van der Waals surface area contributed by atoms with E-state index in [1.807, 2.05) is 33.1 Å². The predicted octanol–water partition coefficient (Wildman–Crippen LogP) is 9.64. The van der Waals surface area contributed by atoms with Crippen molar-refractivity contribution in [1.82, 2.24) is 4.90 Å². The summed E-state index contributed by atoms with van der Waals surface area (Å²) < 4.78 is 0.791. The second-order valence-electron chi connectivity index (χ2n) is 7.69. The van der Waals surface area contributed by atoms with Crippen molar-refractivity contribution in [3.8, 4) is 0 Å². The van der Waals surface area contributed by atoms with Gasteiger partial charge in [0.05, 0.1) is 14.9 Å². The van der Waals surface area contributed by atoms with E-state index in [-0.39, 0.29) is 17.9 Å². The summed E-state index contributed by atoms with van der Waals surface area (Å²) in [5, 5.41) is 1.82. The lowest BCUT2D eigenvalue weighted by atomic mass is 9.99. The zero-order chi connectivity index (χ0) is 23.6. The molecule has 1 aromatic heterocycles. The average molecular weight is 517 g/mol. The zero-order valence-corrected chi connectivity index (χ0v) is 23.3. The highest BCUT2D eigenvalue weighted by molar-refractivity contribution is 9.11. The maximum absolute atomic E-state index is 12.9. The summed E-state index contributed by atoms with van der Waals surface area (Å²) in [5.41, 5.74) is 1.18. The molecule has 1 unspecified atom stereocenters. The molecule has 1 aliphatic heterocycles. The molecule has 0 N–H and O–H groups in total. The van der Waals surface area contributed by atoms with E-state index in [1.165, 1.54) is 69.1 Å². The smallest absolute Gasteiger partial charge is 0.263 e. The number of thiophene rings is 1. The summed E-state index contributed by atoms with van der Waals surface area (Å²) in [7, 11) is 0. The highest BCUT2D eigenvalue weighted by atomic mass is 79.9. The Morgan fingerprint density at radius 1 is 0.774 bits per heavy atom. The Labute approximate surface area is 204 Å². The Kier molecular flexibility index (Phi) is 18.4. The maximum atomic E-state index is 12.9. The summed E-state index contributed by atoms with van der Waals surface area (Å²) in [4.78, 5) is 27.4. The van der Waals surface area contributed by atoms with Crippen molar-refractivity contribution in [2.45, 2.75) is 131 Å². The highest BCUT2D eigenvalue weighted by Gasteiger charge is 2.41. The minimum atomic E-state index is -0.0901. The number of fused-ring (bicyclic) bond motifs is 1. The topological polar surface area (TPSA) is 37.4 Å². The molecule has 5 heteroatoms. The molecule has 2 amide bonds. The Balaban J connectivity index is 0.00000212. The molecular formula is C26H46BrNO2S. The fraction of sp³-hybridized carbons (Fsp3) is 0.769. The van der Waals surface area contributed by atoms with E-state index in [1.54, 1.807) is 4.90 Å². The van der Waals surface area contributed by atoms with Crippen molar-refractivity contribution in [2.75, 3.05) is 0 Å². The Morgan fingerprint density at radius 3 is 1.68 bits per heavy atom. The van der Waals surface area contributed by atoms with Crippen LogP contribution in [0.25, 0.3) is 0 Å². The first-order valence-corrected chi connectivity index (χ1v) is 14.4. The van der Waals surface area contributed by atoms with Gasteiger partial charge in [0.1, 0.15) is 0 Å². The average Bonchev–Trinajstić information content (AvgIpc) is 3.30. The number of amides is 2. The number of imide groups is 1. The number of unbranched alkanes of at least 4 members (excludes halogenated alkanes) is 9. The Bertz CT molecular complexity index is 615. The molecule has 31 heavy (non-hydrogen) atoms. The van der Waals surface area contributed by atoms with Crippen LogP contribution in [-0.4, -0.2) is 22.8 Å². The molecule has 1 atom stereocenters. The van der Waals surface area contributed by atoms with Crippen LogP contribution < -0.4 is 0 Å². The molecule has 0 saturated carbocycles. The van der Waals surface area contributed by atoms with Crippen LogP contribution in [0.5, 0.6) is 0 Å². The van der Waals surface area contributed by atoms with Crippen molar-refractivity contribution in [3.63, 3.8) is 0 Å². The largest absolute Gasteiger partial charge is 0.271 e.